The average molecular weight is 279 g/mol. The predicted molar refractivity (Wildman–Crippen MR) is 74.4 cm³/mol. The van der Waals surface area contributed by atoms with Crippen molar-refractivity contribution in [3.8, 4) is 5.88 Å². The molecule has 2 rings (SSSR count). The van der Waals surface area contributed by atoms with E-state index in [0.29, 0.717) is 12.5 Å². The molecule has 0 spiro atoms. The molecule has 0 bridgehead atoms. The maximum absolute atomic E-state index is 11.1. The summed E-state index contributed by atoms with van der Waals surface area (Å²) in [5.41, 5.74) is 0.938. The first-order valence-corrected chi connectivity index (χ1v) is 7.06. The van der Waals surface area contributed by atoms with Crippen LogP contribution in [0.3, 0.4) is 0 Å². The fraction of sp³-hybridized carbons (Fsp3) is 0.600. The lowest BCUT2D eigenvalue weighted by Crippen LogP contribution is -2.26. The Kier molecular flexibility index (Phi) is 4.95. The van der Waals surface area contributed by atoms with Crippen LogP contribution in [0.5, 0.6) is 5.88 Å². The summed E-state index contributed by atoms with van der Waals surface area (Å²) in [5.74, 6) is -0.446. The summed E-state index contributed by atoms with van der Waals surface area (Å²) in [4.78, 5) is 15.5. The van der Waals surface area contributed by atoms with Crippen molar-refractivity contribution in [3.05, 3.63) is 23.4 Å². The van der Waals surface area contributed by atoms with Crippen molar-refractivity contribution < 1.29 is 19.4 Å². The van der Waals surface area contributed by atoms with Crippen LogP contribution >= 0.6 is 0 Å². The van der Waals surface area contributed by atoms with Crippen molar-refractivity contribution in [1.82, 2.24) is 4.98 Å². The molecule has 0 amide bonds. The molecule has 110 valence electrons. The zero-order valence-corrected chi connectivity index (χ0v) is 12.0. The van der Waals surface area contributed by atoms with Crippen molar-refractivity contribution in [2.45, 2.75) is 45.1 Å². The highest BCUT2D eigenvalue weighted by molar-refractivity contribution is 5.88. The number of hydrogen-bond donors (Lipinski definition) is 1. The van der Waals surface area contributed by atoms with E-state index in [9.17, 15) is 4.79 Å². The standard InChI is InChI=1S/C15H21NO4/c1-10(2)13-7-11(15(17)18)8-14(16-13)20-9-12-5-3-4-6-19-12/h7-8,10,12H,3-6,9H2,1-2H3,(H,17,18). The lowest BCUT2D eigenvalue weighted by Gasteiger charge is -2.22. The van der Waals surface area contributed by atoms with Gasteiger partial charge in [-0.3, -0.25) is 0 Å². The van der Waals surface area contributed by atoms with Gasteiger partial charge in [-0.25, -0.2) is 9.78 Å². The summed E-state index contributed by atoms with van der Waals surface area (Å²) < 4.78 is 11.2. The lowest BCUT2D eigenvalue weighted by atomic mass is 10.1. The number of aromatic nitrogens is 1. The highest BCUT2D eigenvalue weighted by Crippen LogP contribution is 2.20. The fourth-order valence-electron chi connectivity index (χ4n) is 2.14. The van der Waals surface area contributed by atoms with Gasteiger partial charge in [-0.1, -0.05) is 13.8 Å². The Hall–Kier alpha value is -1.62. The van der Waals surface area contributed by atoms with Crippen LogP contribution in [0, 0.1) is 0 Å². The van der Waals surface area contributed by atoms with Crippen LogP contribution in [-0.2, 0) is 4.74 Å². The van der Waals surface area contributed by atoms with Crippen LogP contribution in [0.25, 0.3) is 0 Å². The second-order valence-corrected chi connectivity index (χ2v) is 5.38. The summed E-state index contributed by atoms with van der Waals surface area (Å²) in [7, 11) is 0. The summed E-state index contributed by atoms with van der Waals surface area (Å²) in [6.45, 7) is 5.14. The minimum atomic E-state index is -0.965. The topological polar surface area (TPSA) is 68.7 Å². The smallest absolute Gasteiger partial charge is 0.335 e. The molecular formula is C15H21NO4. The molecular weight excluding hydrogens is 258 g/mol. The van der Waals surface area contributed by atoms with Gasteiger partial charge in [0, 0.05) is 18.4 Å². The van der Waals surface area contributed by atoms with Crippen molar-refractivity contribution >= 4 is 5.97 Å². The molecule has 1 aromatic rings. The van der Waals surface area contributed by atoms with E-state index in [1.807, 2.05) is 13.8 Å². The monoisotopic (exact) mass is 279 g/mol. The molecule has 1 aromatic heterocycles. The Morgan fingerprint density at radius 3 is 2.90 bits per heavy atom. The molecule has 20 heavy (non-hydrogen) atoms. The van der Waals surface area contributed by atoms with Gasteiger partial charge in [0.1, 0.15) is 6.61 Å². The van der Waals surface area contributed by atoms with E-state index in [2.05, 4.69) is 4.98 Å². The number of pyridine rings is 1. The van der Waals surface area contributed by atoms with Crippen molar-refractivity contribution in [2.24, 2.45) is 0 Å². The first-order valence-electron chi connectivity index (χ1n) is 7.06. The molecule has 1 saturated heterocycles. The van der Waals surface area contributed by atoms with Gasteiger partial charge in [0.25, 0.3) is 0 Å². The number of carboxylic acid groups (broad SMARTS) is 1. The number of carboxylic acids is 1. The van der Waals surface area contributed by atoms with Crippen molar-refractivity contribution in [2.75, 3.05) is 13.2 Å². The summed E-state index contributed by atoms with van der Waals surface area (Å²) >= 11 is 0. The van der Waals surface area contributed by atoms with Gasteiger partial charge in [-0.2, -0.15) is 0 Å². The highest BCUT2D eigenvalue weighted by Gasteiger charge is 2.16. The summed E-state index contributed by atoms with van der Waals surface area (Å²) in [6, 6.07) is 3.06. The molecule has 1 fully saturated rings. The van der Waals surface area contributed by atoms with E-state index in [1.54, 1.807) is 6.07 Å². The molecule has 1 N–H and O–H groups in total. The normalized spacial score (nSPS) is 19.1. The molecule has 1 aliphatic rings. The Morgan fingerprint density at radius 2 is 2.30 bits per heavy atom. The number of hydrogen-bond acceptors (Lipinski definition) is 4. The number of nitrogens with zero attached hydrogens (tertiary/aromatic N) is 1. The van der Waals surface area contributed by atoms with Crippen molar-refractivity contribution in [1.29, 1.82) is 0 Å². The number of ether oxygens (including phenoxy) is 2. The number of carbonyl (C=O) groups is 1. The number of aromatic carboxylic acids is 1. The van der Waals surface area contributed by atoms with E-state index in [-0.39, 0.29) is 17.6 Å². The SMILES string of the molecule is CC(C)c1cc(C(=O)O)cc(OCC2CCCCO2)n1. The van der Waals surface area contributed by atoms with E-state index < -0.39 is 5.97 Å². The lowest BCUT2D eigenvalue weighted by molar-refractivity contribution is -0.0120. The molecule has 0 radical (unpaired) electrons. The van der Waals surface area contributed by atoms with Crippen molar-refractivity contribution in [3.63, 3.8) is 0 Å². The van der Waals surface area contributed by atoms with Crippen LogP contribution < -0.4 is 4.74 Å². The van der Waals surface area contributed by atoms with Crippen LogP contribution in [0.1, 0.15) is 55.1 Å². The van der Waals surface area contributed by atoms with Gasteiger partial charge in [0.05, 0.1) is 11.7 Å². The largest absolute Gasteiger partial charge is 0.478 e. The van der Waals surface area contributed by atoms with E-state index >= 15 is 0 Å². The Morgan fingerprint density at radius 1 is 1.50 bits per heavy atom. The van der Waals surface area contributed by atoms with Gasteiger partial charge < -0.3 is 14.6 Å². The molecule has 2 heterocycles. The minimum absolute atomic E-state index is 0.0848. The third-order valence-corrected chi connectivity index (χ3v) is 3.35. The molecule has 5 nitrogen and oxygen atoms in total. The predicted octanol–water partition coefficient (Wildman–Crippen LogP) is 2.85. The van der Waals surface area contributed by atoms with Gasteiger partial charge >= 0.3 is 5.97 Å². The second kappa shape index (κ2) is 6.70. The fourth-order valence-corrected chi connectivity index (χ4v) is 2.14. The maximum Gasteiger partial charge on any atom is 0.335 e. The molecule has 1 atom stereocenters. The zero-order valence-electron chi connectivity index (χ0n) is 12.0. The Labute approximate surface area is 118 Å². The molecule has 0 saturated carbocycles. The third-order valence-electron chi connectivity index (χ3n) is 3.35. The minimum Gasteiger partial charge on any atom is -0.478 e. The first-order chi connectivity index (χ1) is 9.56. The molecule has 1 aliphatic heterocycles. The molecule has 0 aromatic carbocycles. The van der Waals surface area contributed by atoms with Gasteiger partial charge in [-0.05, 0) is 31.2 Å². The highest BCUT2D eigenvalue weighted by atomic mass is 16.5. The molecule has 5 heteroatoms. The van der Waals surface area contributed by atoms with Crippen LogP contribution in [0.4, 0.5) is 0 Å². The zero-order chi connectivity index (χ0) is 14.5. The molecule has 0 aliphatic carbocycles. The second-order valence-electron chi connectivity index (χ2n) is 5.38. The summed E-state index contributed by atoms with van der Waals surface area (Å²) in [6.07, 6.45) is 3.31. The van der Waals surface area contributed by atoms with Crippen LogP contribution in [0.15, 0.2) is 12.1 Å². The number of rotatable bonds is 5. The third kappa shape index (κ3) is 3.93. The molecule has 1 unspecified atom stereocenters. The van der Waals surface area contributed by atoms with E-state index in [4.69, 9.17) is 14.6 Å². The van der Waals surface area contributed by atoms with Gasteiger partial charge in [0.15, 0.2) is 0 Å². The quantitative estimate of drug-likeness (QED) is 0.897. The van der Waals surface area contributed by atoms with Gasteiger partial charge in [-0.15, -0.1) is 0 Å². The average Bonchev–Trinajstić information content (AvgIpc) is 2.45. The van der Waals surface area contributed by atoms with Crippen LogP contribution in [-0.4, -0.2) is 35.4 Å². The van der Waals surface area contributed by atoms with E-state index in [0.717, 1.165) is 31.6 Å². The maximum atomic E-state index is 11.1. The first kappa shape index (κ1) is 14.8. The van der Waals surface area contributed by atoms with Gasteiger partial charge in [0.2, 0.25) is 5.88 Å². The Bertz CT molecular complexity index is 467. The summed E-state index contributed by atoms with van der Waals surface area (Å²) in [5, 5.41) is 9.12. The van der Waals surface area contributed by atoms with Crippen LogP contribution in [0.2, 0.25) is 0 Å². The van der Waals surface area contributed by atoms with E-state index in [1.165, 1.54) is 6.07 Å². The Balaban J connectivity index is 2.07.